The Morgan fingerprint density at radius 3 is 1.27 bits per heavy atom. The van der Waals surface area contributed by atoms with E-state index in [0.29, 0.717) is 0 Å². The summed E-state index contributed by atoms with van der Waals surface area (Å²) in [5, 5.41) is 9.77. The normalized spacial score (nSPS) is 12.1. The molecule has 0 radical (unpaired) electrons. The third-order valence-corrected chi connectivity index (χ3v) is 13.2. The Morgan fingerprint density at radius 1 is 0.271 bits per heavy atom. The number of rotatable bonds is 5. The largest absolute Gasteiger partial charge is 0.457 e. The van der Waals surface area contributed by atoms with Gasteiger partial charge in [0.25, 0.3) is 0 Å². The fraction of sp³-hybridized carbons (Fsp3) is 0. The zero-order chi connectivity index (χ0) is 38.6. The maximum absolute atomic E-state index is 6.75. The molecule has 4 heterocycles. The van der Waals surface area contributed by atoms with Gasteiger partial charge in [0.05, 0.1) is 33.1 Å². The van der Waals surface area contributed by atoms with Gasteiger partial charge in [-0.05, 0) is 109 Å². The van der Waals surface area contributed by atoms with Gasteiger partial charge < -0.3 is 18.4 Å². The van der Waals surface area contributed by atoms with Crippen molar-refractivity contribution >= 4 is 96.9 Å². The Bertz CT molecular complexity index is 3830. The second kappa shape index (κ2) is 12.4. The molecule has 0 bridgehead atoms. The smallest absolute Gasteiger partial charge is 0.128 e. The molecule has 59 heavy (non-hydrogen) atoms. The minimum Gasteiger partial charge on any atom is -0.457 e. The predicted molar refractivity (Wildman–Crippen MR) is 249 cm³/mol. The van der Waals surface area contributed by atoms with Gasteiger partial charge in [-0.3, -0.25) is 0 Å². The van der Waals surface area contributed by atoms with E-state index in [9.17, 15) is 0 Å². The monoisotopic (exact) mass is 771 g/mol. The number of thiophene rings is 1. The lowest BCUT2D eigenvalue weighted by atomic mass is 10.1. The molecule has 0 unspecified atom stereocenters. The van der Waals surface area contributed by atoms with Crippen LogP contribution in [-0.4, -0.2) is 13.7 Å². The summed E-state index contributed by atoms with van der Waals surface area (Å²) >= 11 is 1.85. The van der Waals surface area contributed by atoms with Crippen molar-refractivity contribution in [3.63, 3.8) is 0 Å². The average Bonchev–Trinajstić information content (AvgIpc) is 4.02. The van der Waals surface area contributed by atoms with E-state index in [1.165, 1.54) is 58.3 Å². The van der Waals surface area contributed by atoms with Crippen LogP contribution in [0.2, 0.25) is 0 Å². The maximum atomic E-state index is 6.75. The molecule has 0 aliphatic heterocycles. The van der Waals surface area contributed by atoms with E-state index < -0.39 is 0 Å². The molecule has 0 aliphatic carbocycles. The van der Waals surface area contributed by atoms with Crippen LogP contribution < -0.4 is 4.74 Å². The molecule has 0 N–H and O–H groups in total. The van der Waals surface area contributed by atoms with Crippen molar-refractivity contribution in [2.24, 2.45) is 0 Å². The Hall–Kier alpha value is -7.60. The van der Waals surface area contributed by atoms with Gasteiger partial charge in [-0.15, -0.1) is 11.3 Å². The first-order valence-electron chi connectivity index (χ1n) is 20.0. The average molecular weight is 772 g/mol. The van der Waals surface area contributed by atoms with Gasteiger partial charge in [-0.1, -0.05) is 91.0 Å². The highest BCUT2D eigenvalue weighted by Crippen LogP contribution is 2.41. The summed E-state index contributed by atoms with van der Waals surface area (Å²) in [4.78, 5) is 0. The first-order valence-corrected chi connectivity index (χ1v) is 20.8. The summed E-state index contributed by atoms with van der Waals surface area (Å²) < 4.78 is 16.5. The van der Waals surface area contributed by atoms with Gasteiger partial charge in [0, 0.05) is 69.6 Å². The van der Waals surface area contributed by atoms with E-state index >= 15 is 0 Å². The number of benzene rings is 9. The molecule has 9 aromatic carbocycles. The lowest BCUT2D eigenvalue weighted by molar-refractivity contribution is 0.484. The lowest BCUT2D eigenvalue weighted by Gasteiger charge is -2.11. The van der Waals surface area contributed by atoms with Crippen molar-refractivity contribution in [3.05, 3.63) is 200 Å². The molecule has 13 aromatic rings. The Labute approximate surface area is 342 Å². The van der Waals surface area contributed by atoms with Crippen LogP contribution in [0, 0.1) is 0 Å². The number of hydrogen-bond acceptors (Lipinski definition) is 2. The van der Waals surface area contributed by atoms with Crippen molar-refractivity contribution < 1.29 is 4.74 Å². The van der Waals surface area contributed by atoms with Crippen LogP contribution in [0.4, 0.5) is 0 Å². The number of ether oxygens (including phenoxy) is 1. The molecule has 4 nitrogen and oxygen atoms in total. The third kappa shape index (κ3) is 4.83. The van der Waals surface area contributed by atoms with Crippen LogP contribution in [0.3, 0.4) is 0 Å². The van der Waals surface area contributed by atoms with Gasteiger partial charge in [0.15, 0.2) is 0 Å². The van der Waals surface area contributed by atoms with Crippen LogP contribution in [0.25, 0.3) is 103 Å². The maximum Gasteiger partial charge on any atom is 0.128 e. The second-order valence-corrected chi connectivity index (χ2v) is 16.4. The standard InChI is InChI=1S/C54H33N3OS/c1-2-12-34(13-3-1)55-47-18-8-4-14-39(47)43-30-35(22-26-50(43)55)56-48-19-9-5-15-40(48)44-32-37(24-27-51(44)56)58-38-25-28-52-45(33-38)41-16-6-10-20-49(41)57(52)36-23-29-54-46(31-36)42-17-7-11-21-53(42)59-54/h1-33H. The molecule has 0 saturated carbocycles. The van der Waals surface area contributed by atoms with E-state index in [1.807, 2.05) is 11.3 Å². The van der Waals surface area contributed by atoms with Crippen molar-refractivity contribution in [2.75, 3.05) is 0 Å². The highest BCUT2D eigenvalue weighted by atomic mass is 32.1. The minimum absolute atomic E-state index is 0.805. The summed E-state index contributed by atoms with van der Waals surface area (Å²) in [5.74, 6) is 1.61. The zero-order valence-electron chi connectivity index (χ0n) is 31.7. The molecule has 0 amide bonds. The van der Waals surface area contributed by atoms with Crippen molar-refractivity contribution in [2.45, 2.75) is 0 Å². The number of nitrogens with zero attached hydrogens (tertiary/aromatic N) is 3. The molecular weight excluding hydrogens is 739 g/mol. The zero-order valence-corrected chi connectivity index (χ0v) is 32.5. The van der Waals surface area contributed by atoms with Crippen molar-refractivity contribution in [1.82, 2.24) is 13.7 Å². The van der Waals surface area contributed by atoms with Gasteiger partial charge in [-0.25, -0.2) is 0 Å². The molecular formula is C54H33N3OS. The van der Waals surface area contributed by atoms with Crippen LogP contribution >= 0.6 is 11.3 Å². The summed E-state index contributed by atoms with van der Waals surface area (Å²) in [7, 11) is 0. The molecule has 276 valence electrons. The van der Waals surface area contributed by atoms with E-state index in [2.05, 4.69) is 214 Å². The highest BCUT2D eigenvalue weighted by molar-refractivity contribution is 7.25. The number of hydrogen-bond donors (Lipinski definition) is 0. The van der Waals surface area contributed by atoms with Gasteiger partial charge in [-0.2, -0.15) is 0 Å². The Morgan fingerprint density at radius 2 is 0.678 bits per heavy atom. The van der Waals surface area contributed by atoms with Crippen molar-refractivity contribution in [1.29, 1.82) is 0 Å². The minimum atomic E-state index is 0.805. The summed E-state index contributed by atoms with van der Waals surface area (Å²) in [5.41, 5.74) is 10.5. The summed E-state index contributed by atoms with van der Waals surface area (Å²) in [6, 6.07) is 72.1. The van der Waals surface area contributed by atoms with Gasteiger partial charge >= 0.3 is 0 Å². The fourth-order valence-electron chi connectivity index (χ4n) is 9.53. The molecule has 0 spiro atoms. The first-order chi connectivity index (χ1) is 29.2. The molecule has 0 saturated heterocycles. The molecule has 13 rings (SSSR count). The van der Waals surface area contributed by atoms with E-state index in [-0.39, 0.29) is 0 Å². The second-order valence-electron chi connectivity index (χ2n) is 15.3. The van der Waals surface area contributed by atoms with Gasteiger partial charge in [0.2, 0.25) is 0 Å². The number of para-hydroxylation sites is 4. The molecule has 0 aliphatic rings. The molecule has 0 fully saturated rings. The third-order valence-electron chi connectivity index (χ3n) is 12.1. The van der Waals surface area contributed by atoms with Crippen molar-refractivity contribution in [3.8, 4) is 28.6 Å². The van der Waals surface area contributed by atoms with E-state index in [1.54, 1.807) is 0 Å². The Kier molecular flexibility index (Phi) is 6.85. The molecule has 4 aromatic heterocycles. The summed E-state index contributed by atoms with van der Waals surface area (Å²) in [6.07, 6.45) is 0. The number of fused-ring (bicyclic) bond motifs is 12. The first kappa shape index (κ1) is 32.5. The van der Waals surface area contributed by atoms with Crippen LogP contribution in [-0.2, 0) is 0 Å². The highest BCUT2D eigenvalue weighted by Gasteiger charge is 2.18. The lowest BCUT2D eigenvalue weighted by Crippen LogP contribution is -1.95. The number of aromatic nitrogens is 3. The van der Waals surface area contributed by atoms with Crippen LogP contribution in [0.1, 0.15) is 0 Å². The van der Waals surface area contributed by atoms with Crippen LogP contribution in [0.15, 0.2) is 200 Å². The molecule has 0 atom stereocenters. The summed E-state index contributed by atoms with van der Waals surface area (Å²) in [6.45, 7) is 0. The SMILES string of the molecule is c1ccc(-n2c3ccccc3c3cc(-n4c5ccccc5c5cc(Oc6ccc7c(c6)c6ccccc6n7-c6ccc7sc8ccccc8c7c6)ccc54)ccc32)cc1. The predicted octanol–water partition coefficient (Wildman–Crippen LogP) is 15.1. The Balaban J connectivity index is 0.918. The molecule has 5 heteroatoms. The van der Waals surface area contributed by atoms with E-state index in [0.717, 1.165) is 55.9 Å². The topological polar surface area (TPSA) is 24.0 Å². The van der Waals surface area contributed by atoms with Gasteiger partial charge in [0.1, 0.15) is 11.5 Å². The van der Waals surface area contributed by atoms with Crippen LogP contribution in [0.5, 0.6) is 11.5 Å². The fourth-order valence-corrected chi connectivity index (χ4v) is 10.6. The van der Waals surface area contributed by atoms with E-state index in [4.69, 9.17) is 4.74 Å². The quantitative estimate of drug-likeness (QED) is 0.171.